The molecule has 0 saturated carbocycles. The minimum Gasteiger partial charge on any atom is -0.304 e. The fourth-order valence-electron chi connectivity index (χ4n) is 12.4. The first-order valence-electron chi connectivity index (χ1n) is 29.5. The molecule has 18 rings (SSSR count). The van der Waals surface area contributed by atoms with Crippen molar-refractivity contribution in [3.05, 3.63) is 289 Å². The quantitative estimate of drug-likeness (QED) is 0.104. The molecule has 0 N–H and O–H groups in total. The molecular weight excluding hydrogens is 1340 g/mol. The number of anilines is 2. The molecule has 0 spiro atoms. The van der Waals surface area contributed by atoms with Crippen LogP contribution in [-0.2, 0) is 20.1 Å². The summed E-state index contributed by atoms with van der Waals surface area (Å²) in [7, 11) is 0. The molecular formula is C76H42IrN12O4-2. The number of rotatable bonds is 8. The molecule has 0 aliphatic carbocycles. The Morgan fingerprint density at radius 1 is 0.323 bits per heavy atom. The second-order valence-corrected chi connectivity index (χ2v) is 22.0. The van der Waals surface area contributed by atoms with Crippen LogP contribution in [0.25, 0.3) is 122 Å². The number of amides is 4. The predicted octanol–water partition coefficient (Wildman–Crippen LogP) is 14.9. The van der Waals surface area contributed by atoms with Gasteiger partial charge in [0, 0.05) is 54.0 Å². The van der Waals surface area contributed by atoms with Gasteiger partial charge in [-0.3, -0.25) is 28.3 Å². The number of aromatic nitrogens is 10. The van der Waals surface area contributed by atoms with E-state index in [2.05, 4.69) is 163 Å². The Labute approximate surface area is 542 Å². The van der Waals surface area contributed by atoms with Crippen molar-refractivity contribution in [2.45, 2.75) is 0 Å². The van der Waals surface area contributed by atoms with E-state index in [1.807, 2.05) is 60.8 Å². The molecule has 0 unspecified atom stereocenters. The fraction of sp³-hybridized carbons (Fsp3) is 0. The van der Waals surface area contributed by atoms with Gasteiger partial charge in [0.1, 0.15) is 11.6 Å². The van der Waals surface area contributed by atoms with Crippen molar-refractivity contribution >= 4 is 101 Å². The zero-order chi connectivity index (χ0) is 61.6. The van der Waals surface area contributed by atoms with Gasteiger partial charge in [0.25, 0.3) is 23.6 Å². The number of hydrogen-bond acceptors (Lipinski definition) is 12. The van der Waals surface area contributed by atoms with Crippen LogP contribution in [-0.4, -0.2) is 72.6 Å². The molecule has 0 atom stereocenters. The molecule has 0 saturated heterocycles. The van der Waals surface area contributed by atoms with Crippen molar-refractivity contribution in [2.24, 2.45) is 0 Å². The average molecular weight is 1380 g/mol. The fourth-order valence-corrected chi connectivity index (χ4v) is 12.4. The molecule has 0 fully saturated rings. The van der Waals surface area contributed by atoms with Gasteiger partial charge in [-0.2, -0.15) is 29.9 Å². The Hall–Kier alpha value is -12.4. The molecule has 8 heterocycles. The first-order valence-corrected chi connectivity index (χ1v) is 29.5. The number of carbonyl (C=O) groups excluding carboxylic acids is 4. The summed E-state index contributed by atoms with van der Waals surface area (Å²) in [5.41, 5.74) is 9.27. The summed E-state index contributed by atoms with van der Waals surface area (Å²) < 4.78 is 4.29. The van der Waals surface area contributed by atoms with Crippen molar-refractivity contribution in [1.82, 2.24) is 49.0 Å². The van der Waals surface area contributed by atoms with Gasteiger partial charge in [-0.1, -0.05) is 163 Å². The van der Waals surface area contributed by atoms with Gasteiger partial charge in [0.15, 0.2) is 0 Å². The van der Waals surface area contributed by atoms with Gasteiger partial charge in [0.05, 0.1) is 44.3 Å². The SMILES string of the molecule is O=C1c2ccccc2C(=O)N1c1nc(-c2cc[c-]c(-c3nccc4ccccc34)c2)nc(N2C(=O)c3ccccc3C2=O)n1.[Ir].[c-]1ccc(-c2nc(-n3c4ccccc4c4ccccc43)nc(-n3c4ccccc4c4ccccc43)n2)cc1-c1cc2ccccc2cn1. The second kappa shape index (κ2) is 22.6. The van der Waals surface area contributed by atoms with Crippen LogP contribution in [0.5, 0.6) is 0 Å². The van der Waals surface area contributed by atoms with Crippen molar-refractivity contribution in [2.75, 3.05) is 9.80 Å². The van der Waals surface area contributed by atoms with Gasteiger partial charge >= 0.3 is 0 Å². The Kier molecular flexibility index (Phi) is 13.5. The summed E-state index contributed by atoms with van der Waals surface area (Å²) >= 11 is 0. The number of benzene rings is 10. The largest absolute Gasteiger partial charge is 0.304 e. The molecule has 93 heavy (non-hydrogen) atoms. The van der Waals surface area contributed by atoms with Gasteiger partial charge in [-0.25, -0.2) is 9.80 Å². The van der Waals surface area contributed by atoms with E-state index in [-0.39, 0.29) is 60.1 Å². The van der Waals surface area contributed by atoms with Crippen LogP contribution in [0, 0.1) is 12.1 Å². The maximum Gasteiger partial charge on any atom is 0.268 e. The van der Waals surface area contributed by atoms with E-state index in [9.17, 15) is 19.2 Å². The smallest absolute Gasteiger partial charge is 0.268 e. The molecule has 2 aliphatic rings. The van der Waals surface area contributed by atoms with E-state index in [1.165, 1.54) is 0 Å². The first-order chi connectivity index (χ1) is 45.3. The first kappa shape index (κ1) is 55.9. The molecule has 16 aromatic rings. The van der Waals surface area contributed by atoms with Crippen LogP contribution in [0.2, 0.25) is 0 Å². The summed E-state index contributed by atoms with van der Waals surface area (Å²) in [6.45, 7) is 0. The molecule has 16 nitrogen and oxygen atoms in total. The van der Waals surface area contributed by atoms with Crippen molar-refractivity contribution in [3.63, 3.8) is 0 Å². The molecule has 1 radical (unpaired) electrons. The van der Waals surface area contributed by atoms with Gasteiger partial charge in [0.2, 0.25) is 23.8 Å². The predicted molar refractivity (Wildman–Crippen MR) is 354 cm³/mol. The summed E-state index contributed by atoms with van der Waals surface area (Å²) in [5.74, 6) is -1.44. The minimum absolute atomic E-state index is 0. The Morgan fingerprint density at radius 2 is 0.699 bits per heavy atom. The van der Waals surface area contributed by atoms with Crippen LogP contribution < -0.4 is 9.80 Å². The van der Waals surface area contributed by atoms with Crippen molar-refractivity contribution in [1.29, 1.82) is 0 Å². The van der Waals surface area contributed by atoms with Crippen LogP contribution in [0.4, 0.5) is 11.9 Å². The van der Waals surface area contributed by atoms with Crippen LogP contribution in [0.1, 0.15) is 41.4 Å². The minimum atomic E-state index is -0.627. The average Bonchev–Trinajstić information content (AvgIpc) is 1.64. The number of para-hydroxylation sites is 4. The molecule has 10 aromatic carbocycles. The van der Waals surface area contributed by atoms with E-state index in [1.54, 1.807) is 72.9 Å². The van der Waals surface area contributed by atoms with Crippen LogP contribution in [0.15, 0.2) is 255 Å². The van der Waals surface area contributed by atoms with Crippen molar-refractivity contribution in [3.8, 4) is 57.2 Å². The number of carbonyl (C=O) groups is 4. The van der Waals surface area contributed by atoms with E-state index in [0.29, 0.717) is 34.5 Å². The standard InChI is InChI=1S/C42H25N6.C34H17N6O4.Ir/c1-2-13-30-26-43-35(25-27(30)12-1)28-14-11-15-29(24-28)40-44-41(47-36-20-7-3-16-31(36)32-17-4-8-21-37(32)47)46-42(45-40)48-38-22-9-5-18-33(38)34-19-6-10-23-39(34)48;41-29-23-12-3-4-13-24(23)30(42)39(29)33-36-28(37-34(38-33)40-31(43)25-14-5-6-15-26(25)32(40)44)21-10-7-9-20(18-21)27-22-11-2-1-8-19(22)16-17-35-27;/h1-13,15-26H;1-8,10-18H;/q2*-1;. The zero-order valence-electron chi connectivity index (χ0n) is 48.6. The summed E-state index contributed by atoms with van der Waals surface area (Å²) in [6, 6.07) is 84.2. The Balaban J connectivity index is 0.000000147. The molecule has 441 valence electrons. The van der Waals surface area contributed by atoms with E-state index in [0.717, 1.165) is 91.8 Å². The zero-order valence-corrected chi connectivity index (χ0v) is 51.0. The number of pyridine rings is 2. The topological polar surface area (TPSA) is 188 Å². The summed E-state index contributed by atoms with van der Waals surface area (Å²) in [6.07, 6.45) is 3.62. The second-order valence-electron chi connectivity index (χ2n) is 22.0. The molecule has 17 heteroatoms. The van der Waals surface area contributed by atoms with Gasteiger partial charge in [-0.05, 0) is 87.5 Å². The molecule has 4 amide bonds. The number of nitrogens with zero attached hydrogens (tertiary/aromatic N) is 12. The van der Waals surface area contributed by atoms with Crippen LogP contribution in [0.3, 0.4) is 0 Å². The Bertz CT molecular complexity index is 5420. The summed E-state index contributed by atoms with van der Waals surface area (Å²) in [5, 5.41) is 8.72. The van der Waals surface area contributed by atoms with Gasteiger partial charge in [-0.15, -0.1) is 59.7 Å². The third-order valence-electron chi connectivity index (χ3n) is 16.7. The third kappa shape index (κ3) is 9.33. The van der Waals surface area contributed by atoms with Gasteiger partial charge < -0.3 is 9.97 Å². The van der Waals surface area contributed by atoms with Crippen molar-refractivity contribution < 1.29 is 39.3 Å². The number of fused-ring (bicyclic) bond motifs is 10. The molecule has 2 aliphatic heterocycles. The van der Waals surface area contributed by atoms with E-state index < -0.39 is 23.6 Å². The Morgan fingerprint density at radius 3 is 1.18 bits per heavy atom. The van der Waals surface area contributed by atoms with E-state index >= 15 is 0 Å². The monoisotopic (exact) mass is 1380 g/mol. The summed E-state index contributed by atoms with van der Waals surface area (Å²) in [4.78, 5) is 93.6. The molecule has 0 bridgehead atoms. The normalized spacial score (nSPS) is 12.7. The number of imide groups is 2. The van der Waals surface area contributed by atoms with E-state index in [4.69, 9.17) is 19.9 Å². The maximum absolute atomic E-state index is 13.4. The maximum atomic E-state index is 13.4. The third-order valence-corrected chi connectivity index (χ3v) is 16.7. The number of hydrogen-bond donors (Lipinski definition) is 0. The van der Waals surface area contributed by atoms with Crippen LogP contribution >= 0.6 is 0 Å². The molecule has 6 aromatic heterocycles.